The third kappa shape index (κ3) is 4.76. The molecule has 0 radical (unpaired) electrons. The number of hydrogen-bond acceptors (Lipinski definition) is 4. The van der Waals surface area contributed by atoms with Gasteiger partial charge in [-0.2, -0.15) is 0 Å². The zero-order valence-corrected chi connectivity index (χ0v) is 17.8. The van der Waals surface area contributed by atoms with Crippen LogP contribution in [0.3, 0.4) is 0 Å². The summed E-state index contributed by atoms with van der Waals surface area (Å²) in [4.78, 5) is 17.1. The van der Waals surface area contributed by atoms with Crippen LogP contribution in [0.2, 0.25) is 0 Å². The number of hydrogen-bond donors (Lipinski definition) is 2. The van der Waals surface area contributed by atoms with Gasteiger partial charge in [-0.05, 0) is 54.4 Å². The summed E-state index contributed by atoms with van der Waals surface area (Å²) in [5, 5.41) is 3.86. The van der Waals surface area contributed by atoms with E-state index >= 15 is 0 Å². The second-order valence-corrected chi connectivity index (χ2v) is 8.79. The van der Waals surface area contributed by atoms with Gasteiger partial charge in [-0.25, -0.2) is 12.8 Å². The number of nitrogens with one attached hydrogen (secondary N) is 2. The van der Waals surface area contributed by atoms with E-state index < -0.39 is 21.7 Å². The van der Waals surface area contributed by atoms with Crippen LogP contribution in [-0.4, -0.2) is 25.9 Å². The Kier molecular flexibility index (Phi) is 6.13. The number of benzene rings is 3. The molecule has 0 aliphatic heterocycles. The molecule has 0 aliphatic rings. The first-order valence-electron chi connectivity index (χ1n) is 9.92. The van der Waals surface area contributed by atoms with Crippen LogP contribution >= 0.6 is 0 Å². The van der Waals surface area contributed by atoms with Crippen LogP contribution in [0, 0.1) is 5.82 Å². The number of nitrogens with zero attached hydrogens (tertiary/aromatic N) is 1. The largest absolute Gasteiger partial charge is 0.352 e. The summed E-state index contributed by atoms with van der Waals surface area (Å²) in [6.45, 7) is 0.355. The van der Waals surface area contributed by atoms with Crippen molar-refractivity contribution in [2.24, 2.45) is 0 Å². The third-order valence-electron chi connectivity index (χ3n) is 4.94. The van der Waals surface area contributed by atoms with E-state index in [1.54, 1.807) is 18.3 Å². The zero-order valence-electron chi connectivity index (χ0n) is 17.0. The van der Waals surface area contributed by atoms with Crippen LogP contribution in [0.25, 0.3) is 10.9 Å². The highest BCUT2D eigenvalue weighted by Crippen LogP contribution is 2.21. The fourth-order valence-electron chi connectivity index (χ4n) is 3.36. The van der Waals surface area contributed by atoms with E-state index in [0.29, 0.717) is 13.0 Å². The van der Waals surface area contributed by atoms with Crippen LogP contribution in [0.5, 0.6) is 0 Å². The first kappa shape index (κ1) is 21.5. The number of fused-ring (bicyclic) bond motifs is 1. The quantitative estimate of drug-likeness (QED) is 0.444. The number of carbonyl (C=O) groups is 1. The van der Waals surface area contributed by atoms with E-state index in [1.165, 1.54) is 24.3 Å². The molecular formula is C24H20FN3O3S. The van der Waals surface area contributed by atoms with Gasteiger partial charge in [-0.1, -0.05) is 36.4 Å². The molecular weight excluding hydrogens is 429 g/mol. The van der Waals surface area contributed by atoms with E-state index in [0.717, 1.165) is 28.6 Å². The first-order valence-corrected chi connectivity index (χ1v) is 11.4. The summed E-state index contributed by atoms with van der Waals surface area (Å²) in [5.74, 6) is -0.944. The number of amides is 1. The van der Waals surface area contributed by atoms with Crippen molar-refractivity contribution in [2.75, 3.05) is 11.3 Å². The van der Waals surface area contributed by atoms with Gasteiger partial charge in [0.15, 0.2) is 0 Å². The lowest BCUT2D eigenvalue weighted by molar-refractivity contribution is 0.0955. The Morgan fingerprint density at radius 1 is 0.906 bits per heavy atom. The van der Waals surface area contributed by atoms with Gasteiger partial charge in [0.1, 0.15) is 5.82 Å². The van der Waals surface area contributed by atoms with E-state index in [4.69, 9.17) is 0 Å². The normalized spacial score (nSPS) is 11.3. The van der Waals surface area contributed by atoms with Gasteiger partial charge < -0.3 is 5.32 Å². The highest BCUT2D eigenvalue weighted by atomic mass is 32.2. The summed E-state index contributed by atoms with van der Waals surface area (Å²) in [6.07, 6.45) is 2.30. The Morgan fingerprint density at radius 3 is 2.47 bits per heavy atom. The maximum absolute atomic E-state index is 13.1. The van der Waals surface area contributed by atoms with Gasteiger partial charge in [-0.15, -0.1) is 0 Å². The number of pyridine rings is 1. The standard InChI is InChI=1S/C24H20FN3O3S/c25-19-10-12-20(13-11-19)32(30,31)28-22-9-2-1-8-21(22)24(29)27-16-14-18-6-3-5-17-7-4-15-26-23(17)18/h1-13,15,28H,14,16H2,(H,27,29). The number of carbonyl (C=O) groups excluding carboxylic acids is 1. The van der Waals surface area contributed by atoms with Crippen molar-refractivity contribution in [1.29, 1.82) is 0 Å². The number of anilines is 1. The molecule has 0 saturated heterocycles. The summed E-state index contributed by atoms with van der Waals surface area (Å²) >= 11 is 0. The summed E-state index contributed by atoms with van der Waals surface area (Å²) < 4.78 is 40.8. The van der Waals surface area contributed by atoms with Gasteiger partial charge in [0, 0.05) is 18.1 Å². The predicted octanol–water partition coefficient (Wildman–Crippen LogP) is 4.15. The second kappa shape index (κ2) is 9.15. The van der Waals surface area contributed by atoms with Gasteiger partial charge in [-0.3, -0.25) is 14.5 Å². The molecule has 4 rings (SSSR count). The lowest BCUT2D eigenvalue weighted by Crippen LogP contribution is -2.27. The van der Waals surface area contributed by atoms with E-state index in [-0.39, 0.29) is 16.1 Å². The molecule has 0 aliphatic carbocycles. The molecule has 6 nitrogen and oxygen atoms in total. The lowest BCUT2D eigenvalue weighted by atomic mass is 10.1. The Labute approximate surface area is 185 Å². The average Bonchev–Trinajstić information content (AvgIpc) is 2.79. The van der Waals surface area contributed by atoms with Crippen LogP contribution in [0.4, 0.5) is 10.1 Å². The number of para-hydroxylation sites is 2. The molecule has 1 amide bonds. The minimum Gasteiger partial charge on any atom is -0.352 e. The van der Waals surface area contributed by atoms with Gasteiger partial charge >= 0.3 is 0 Å². The van der Waals surface area contributed by atoms with Crippen molar-refractivity contribution in [3.8, 4) is 0 Å². The highest BCUT2D eigenvalue weighted by molar-refractivity contribution is 7.92. The van der Waals surface area contributed by atoms with Crippen LogP contribution in [-0.2, 0) is 16.4 Å². The molecule has 0 unspecified atom stereocenters. The maximum Gasteiger partial charge on any atom is 0.261 e. The number of sulfonamides is 1. The molecule has 0 spiro atoms. The van der Waals surface area contributed by atoms with Gasteiger partial charge in [0.05, 0.1) is 21.7 Å². The van der Waals surface area contributed by atoms with E-state index in [2.05, 4.69) is 15.0 Å². The Balaban J connectivity index is 1.47. The molecule has 1 heterocycles. The first-order chi connectivity index (χ1) is 15.4. The predicted molar refractivity (Wildman–Crippen MR) is 121 cm³/mol. The molecule has 0 atom stereocenters. The van der Waals surface area contributed by atoms with Crippen LogP contribution < -0.4 is 10.0 Å². The SMILES string of the molecule is O=C(NCCc1cccc2cccnc12)c1ccccc1NS(=O)(=O)c1ccc(F)cc1. The van der Waals surface area contributed by atoms with E-state index in [1.807, 2.05) is 30.3 Å². The Morgan fingerprint density at radius 2 is 1.66 bits per heavy atom. The van der Waals surface area contributed by atoms with Crippen molar-refractivity contribution >= 4 is 32.5 Å². The van der Waals surface area contributed by atoms with Crippen molar-refractivity contribution in [1.82, 2.24) is 10.3 Å². The Bertz CT molecular complexity index is 1370. The molecule has 32 heavy (non-hydrogen) atoms. The van der Waals surface area contributed by atoms with Crippen LogP contribution in [0.1, 0.15) is 15.9 Å². The average molecular weight is 450 g/mol. The molecule has 1 aromatic heterocycles. The van der Waals surface area contributed by atoms with Crippen molar-refractivity contribution < 1.29 is 17.6 Å². The number of aromatic nitrogens is 1. The Hall–Kier alpha value is -3.78. The maximum atomic E-state index is 13.1. The summed E-state index contributed by atoms with van der Waals surface area (Å²) in [6, 6.07) is 20.5. The van der Waals surface area contributed by atoms with E-state index in [9.17, 15) is 17.6 Å². The zero-order chi connectivity index (χ0) is 22.6. The fraction of sp³-hybridized carbons (Fsp3) is 0.0833. The monoisotopic (exact) mass is 449 g/mol. The summed E-state index contributed by atoms with van der Waals surface area (Å²) in [5.41, 5.74) is 2.22. The molecule has 162 valence electrons. The third-order valence-corrected chi connectivity index (χ3v) is 6.32. The molecule has 4 aromatic rings. The van der Waals surface area contributed by atoms with Gasteiger partial charge in [0.2, 0.25) is 0 Å². The van der Waals surface area contributed by atoms with Crippen LogP contribution in [0.15, 0.2) is 90.0 Å². The molecule has 2 N–H and O–H groups in total. The fourth-order valence-corrected chi connectivity index (χ4v) is 4.44. The highest BCUT2D eigenvalue weighted by Gasteiger charge is 2.18. The molecule has 0 bridgehead atoms. The topological polar surface area (TPSA) is 88.2 Å². The number of halogens is 1. The van der Waals surface area contributed by atoms with Crippen molar-refractivity contribution in [3.05, 3.63) is 102 Å². The van der Waals surface area contributed by atoms with Crippen molar-refractivity contribution in [2.45, 2.75) is 11.3 Å². The number of rotatable bonds is 7. The van der Waals surface area contributed by atoms with Crippen molar-refractivity contribution in [3.63, 3.8) is 0 Å². The molecule has 0 saturated carbocycles. The lowest BCUT2D eigenvalue weighted by Gasteiger charge is -2.13. The molecule has 0 fully saturated rings. The van der Waals surface area contributed by atoms with Gasteiger partial charge in [0.25, 0.3) is 15.9 Å². The molecule has 3 aromatic carbocycles. The summed E-state index contributed by atoms with van der Waals surface area (Å²) in [7, 11) is -3.98. The smallest absolute Gasteiger partial charge is 0.261 e. The second-order valence-electron chi connectivity index (χ2n) is 7.10. The minimum absolute atomic E-state index is 0.0995. The molecule has 8 heteroatoms. The minimum atomic E-state index is -3.98.